The third-order valence-electron chi connectivity index (χ3n) is 2.63. The van der Waals surface area contributed by atoms with E-state index in [0.717, 1.165) is 17.7 Å². The van der Waals surface area contributed by atoms with E-state index >= 15 is 0 Å². The molecule has 1 heterocycles. The number of benzene rings is 1. The van der Waals surface area contributed by atoms with Crippen LogP contribution >= 0.6 is 0 Å². The van der Waals surface area contributed by atoms with Gasteiger partial charge in [-0.25, -0.2) is 5.43 Å². The van der Waals surface area contributed by atoms with Crippen LogP contribution in [0, 0.1) is 0 Å². The molecule has 5 nitrogen and oxygen atoms in total. The number of nitrogens with one attached hydrogen (secondary N) is 1. The minimum atomic E-state index is -0.338. The lowest BCUT2D eigenvalue weighted by atomic mass is 10.2. The van der Waals surface area contributed by atoms with Crippen molar-refractivity contribution in [2.24, 2.45) is 5.10 Å². The van der Waals surface area contributed by atoms with Gasteiger partial charge in [0.25, 0.3) is 5.91 Å². The molecule has 0 aliphatic carbocycles. The van der Waals surface area contributed by atoms with Crippen LogP contribution in [0.15, 0.2) is 53.8 Å². The van der Waals surface area contributed by atoms with Crippen LogP contribution in [0.25, 0.3) is 0 Å². The Bertz CT molecular complexity index is 595. The molecule has 0 bridgehead atoms. The van der Waals surface area contributed by atoms with E-state index in [1.807, 2.05) is 24.3 Å². The van der Waals surface area contributed by atoms with Crippen molar-refractivity contribution in [3.63, 3.8) is 0 Å². The van der Waals surface area contributed by atoms with Gasteiger partial charge in [-0.3, -0.25) is 9.78 Å². The predicted molar refractivity (Wildman–Crippen MR) is 81.5 cm³/mol. The van der Waals surface area contributed by atoms with E-state index in [1.165, 1.54) is 0 Å². The third kappa shape index (κ3) is 4.72. The summed E-state index contributed by atoms with van der Waals surface area (Å²) in [5.41, 5.74) is 3.64. The predicted octanol–water partition coefficient (Wildman–Crippen LogP) is 2.63. The maximum absolute atomic E-state index is 11.7. The van der Waals surface area contributed by atoms with Gasteiger partial charge >= 0.3 is 0 Å². The molecule has 0 saturated heterocycles. The first kappa shape index (κ1) is 14.7. The number of carbonyl (C=O) groups excluding carboxylic acids is 1. The number of aromatic nitrogens is 1. The Kier molecular flexibility index (Phi) is 5.46. The maximum atomic E-state index is 11.7. The van der Waals surface area contributed by atoms with E-state index < -0.39 is 0 Å². The van der Waals surface area contributed by atoms with E-state index in [-0.39, 0.29) is 5.91 Å². The molecule has 2 rings (SSSR count). The van der Waals surface area contributed by atoms with Gasteiger partial charge < -0.3 is 4.74 Å². The second-order valence-corrected chi connectivity index (χ2v) is 4.33. The average Bonchev–Trinajstić information content (AvgIpc) is 2.55. The first-order valence-electron chi connectivity index (χ1n) is 6.77. The number of ether oxygens (including phenoxy) is 1. The van der Waals surface area contributed by atoms with Crippen molar-refractivity contribution in [1.82, 2.24) is 10.4 Å². The second kappa shape index (κ2) is 7.79. The summed E-state index contributed by atoms with van der Waals surface area (Å²) in [5, 5.41) is 3.90. The van der Waals surface area contributed by atoms with Crippen molar-refractivity contribution in [3.05, 3.63) is 59.9 Å². The van der Waals surface area contributed by atoms with Gasteiger partial charge in [-0.05, 0) is 48.4 Å². The molecule has 108 valence electrons. The van der Waals surface area contributed by atoms with Gasteiger partial charge in [0.05, 0.1) is 12.8 Å². The van der Waals surface area contributed by atoms with Crippen LogP contribution in [0.4, 0.5) is 0 Å². The van der Waals surface area contributed by atoms with E-state index in [0.29, 0.717) is 12.3 Å². The Labute approximate surface area is 123 Å². The summed E-state index contributed by atoms with van der Waals surface area (Å²) in [6.07, 6.45) is 4.11. The highest BCUT2D eigenvalue weighted by atomic mass is 16.5. The molecule has 0 aliphatic heterocycles. The quantitative estimate of drug-likeness (QED) is 0.654. The SMILES string of the molecule is CCCOc1ccc(/C=N/NC(=O)c2ccccn2)cc1. The minimum Gasteiger partial charge on any atom is -0.494 e. The highest BCUT2D eigenvalue weighted by Gasteiger charge is 2.03. The normalized spacial score (nSPS) is 10.5. The Balaban J connectivity index is 1.88. The molecule has 0 unspecified atom stereocenters. The first-order chi connectivity index (χ1) is 10.3. The summed E-state index contributed by atoms with van der Waals surface area (Å²) in [7, 11) is 0. The van der Waals surface area contributed by atoms with Crippen LogP contribution < -0.4 is 10.2 Å². The van der Waals surface area contributed by atoms with Gasteiger partial charge in [0.1, 0.15) is 11.4 Å². The highest BCUT2D eigenvalue weighted by Crippen LogP contribution is 2.11. The number of hydrogen-bond acceptors (Lipinski definition) is 4. The third-order valence-corrected chi connectivity index (χ3v) is 2.63. The average molecular weight is 283 g/mol. The zero-order valence-corrected chi connectivity index (χ0v) is 11.8. The number of pyridine rings is 1. The first-order valence-corrected chi connectivity index (χ1v) is 6.77. The largest absolute Gasteiger partial charge is 0.494 e. The smallest absolute Gasteiger partial charge is 0.289 e. The summed E-state index contributed by atoms with van der Waals surface area (Å²) in [5.74, 6) is 0.487. The summed E-state index contributed by atoms with van der Waals surface area (Å²) < 4.78 is 5.49. The molecule has 2 aromatic rings. The fraction of sp³-hybridized carbons (Fsp3) is 0.188. The Morgan fingerprint density at radius 1 is 1.29 bits per heavy atom. The molecule has 1 aromatic heterocycles. The summed E-state index contributed by atoms with van der Waals surface area (Å²) in [4.78, 5) is 15.6. The Morgan fingerprint density at radius 3 is 2.76 bits per heavy atom. The molecule has 1 amide bonds. The van der Waals surface area contributed by atoms with Crippen molar-refractivity contribution in [2.75, 3.05) is 6.61 Å². The fourth-order valence-corrected chi connectivity index (χ4v) is 1.59. The number of nitrogens with zero attached hydrogens (tertiary/aromatic N) is 2. The molecule has 1 N–H and O–H groups in total. The molecule has 0 aliphatic rings. The van der Waals surface area contributed by atoms with Gasteiger partial charge in [0.2, 0.25) is 0 Å². The lowest BCUT2D eigenvalue weighted by molar-refractivity contribution is 0.0950. The van der Waals surface area contributed by atoms with Crippen LogP contribution in [-0.2, 0) is 0 Å². The molecule has 5 heteroatoms. The zero-order valence-electron chi connectivity index (χ0n) is 11.8. The van der Waals surface area contributed by atoms with Crippen molar-refractivity contribution >= 4 is 12.1 Å². The molecule has 0 radical (unpaired) electrons. The molecule has 0 spiro atoms. The number of carbonyl (C=O) groups is 1. The van der Waals surface area contributed by atoms with E-state index in [1.54, 1.807) is 30.6 Å². The van der Waals surface area contributed by atoms with Gasteiger partial charge in [-0.2, -0.15) is 5.10 Å². The van der Waals surface area contributed by atoms with Crippen molar-refractivity contribution < 1.29 is 9.53 Å². The molecule has 21 heavy (non-hydrogen) atoms. The van der Waals surface area contributed by atoms with E-state index in [9.17, 15) is 4.79 Å². The minimum absolute atomic E-state index is 0.331. The van der Waals surface area contributed by atoms with Crippen LogP contribution in [0.1, 0.15) is 29.4 Å². The fourth-order valence-electron chi connectivity index (χ4n) is 1.59. The standard InChI is InChI=1S/C16H17N3O2/c1-2-11-21-14-8-6-13(7-9-14)12-18-19-16(20)15-5-3-4-10-17-15/h3-10,12H,2,11H2,1H3,(H,19,20)/b18-12+. The lowest BCUT2D eigenvalue weighted by Gasteiger charge is -2.03. The Hall–Kier alpha value is -2.69. The number of hydrogen-bond donors (Lipinski definition) is 1. The number of amides is 1. The highest BCUT2D eigenvalue weighted by molar-refractivity contribution is 5.93. The van der Waals surface area contributed by atoms with Crippen molar-refractivity contribution in [3.8, 4) is 5.75 Å². The molecule has 1 aromatic carbocycles. The zero-order chi connectivity index (χ0) is 14.9. The molecular weight excluding hydrogens is 266 g/mol. The van der Waals surface area contributed by atoms with Crippen LogP contribution in [0.3, 0.4) is 0 Å². The lowest BCUT2D eigenvalue weighted by Crippen LogP contribution is -2.18. The molecule has 0 saturated carbocycles. The van der Waals surface area contributed by atoms with Crippen LogP contribution in [0.2, 0.25) is 0 Å². The van der Waals surface area contributed by atoms with E-state index in [4.69, 9.17) is 4.74 Å². The van der Waals surface area contributed by atoms with Gasteiger partial charge in [-0.1, -0.05) is 13.0 Å². The van der Waals surface area contributed by atoms with Crippen molar-refractivity contribution in [1.29, 1.82) is 0 Å². The summed E-state index contributed by atoms with van der Waals surface area (Å²) in [6, 6.07) is 12.6. The van der Waals surface area contributed by atoms with Gasteiger partial charge in [-0.15, -0.1) is 0 Å². The molecular formula is C16H17N3O2. The topological polar surface area (TPSA) is 63.6 Å². The van der Waals surface area contributed by atoms with Gasteiger partial charge in [0, 0.05) is 6.20 Å². The molecule has 0 fully saturated rings. The van der Waals surface area contributed by atoms with Crippen LogP contribution in [-0.4, -0.2) is 23.7 Å². The second-order valence-electron chi connectivity index (χ2n) is 4.33. The van der Waals surface area contributed by atoms with Crippen LogP contribution in [0.5, 0.6) is 5.75 Å². The molecule has 0 atom stereocenters. The van der Waals surface area contributed by atoms with Gasteiger partial charge in [0.15, 0.2) is 0 Å². The monoisotopic (exact) mass is 283 g/mol. The Morgan fingerprint density at radius 2 is 2.10 bits per heavy atom. The van der Waals surface area contributed by atoms with Crippen molar-refractivity contribution in [2.45, 2.75) is 13.3 Å². The summed E-state index contributed by atoms with van der Waals surface area (Å²) >= 11 is 0. The number of hydrazone groups is 1. The number of rotatable bonds is 6. The summed E-state index contributed by atoms with van der Waals surface area (Å²) in [6.45, 7) is 2.76. The van der Waals surface area contributed by atoms with E-state index in [2.05, 4.69) is 22.4 Å². The maximum Gasteiger partial charge on any atom is 0.289 e.